The van der Waals surface area contributed by atoms with Gasteiger partial charge in [0.25, 0.3) is 5.91 Å². The van der Waals surface area contributed by atoms with Crippen molar-refractivity contribution in [3.8, 4) is 5.75 Å². The summed E-state index contributed by atoms with van der Waals surface area (Å²) < 4.78 is 33.7. The van der Waals surface area contributed by atoms with Crippen LogP contribution in [0.15, 0.2) is 78.0 Å². The quantitative estimate of drug-likeness (QED) is 0.386. The van der Waals surface area contributed by atoms with Crippen molar-refractivity contribution < 1.29 is 17.9 Å². The minimum Gasteiger partial charge on any atom is -0.487 e. The number of anilines is 1. The van der Waals surface area contributed by atoms with Gasteiger partial charge < -0.3 is 14.5 Å². The normalized spacial score (nSPS) is 14.3. The minimum atomic E-state index is -3.39. The molecule has 1 saturated carbocycles. The summed E-state index contributed by atoms with van der Waals surface area (Å²) in [5.74, 6) is 0.206. The van der Waals surface area contributed by atoms with Crippen LogP contribution in [0.2, 0.25) is 0 Å². The van der Waals surface area contributed by atoms with E-state index in [1.54, 1.807) is 42.5 Å². The fraction of sp³-hybridized carbons (Fsp3) is 0.259. The lowest BCUT2D eigenvalue weighted by atomic mass is 10.2. The number of imidazole rings is 1. The van der Waals surface area contributed by atoms with Crippen LogP contribution in [0.1, 0.15) is 47.3 Å². The van der Waals surface area contributed by atoms with E-state index in [1.807, 2.05) is 35.9 Å². The molecule has 180 valence electrons. The van der Waals surface area contributed by atoms with Gasteiger partial charge in [0.1, 0.15) is 18.0 Å². The number of fused-ring (bicyclic) bond motifs is 1. The zero-order chi connectivity index (χ0) is 24.4. The Balaban J connectivity index is 1.26. The number of pyridine rings is 1. The van der Waals surface area contributed by atoms with Gasteiger partial charge >= 0.3 is 0 Å². The number of benzene rings is 2. The second-order valence-corrected chi connectivity index (χ2v) is 11.2. The molecule has 1 aliphatic rings. The van der Waals surface area contributed by atoms with Crippen LogP contribution in [0.25, 0.3) is 5.65 Å². The molecule has 1 fully saturated rings. The Hall–Kier alpha value is -3.65. The number of amides is 1. The summed E-state index contributed by atoms with van der Waals surface area (Å²) in [4.78, 5) is 17.7. The summed E-state index contributed by atoms with van der Waals surface area (Å²) in [7, 11) is -3.39. The van der Waals surface area contributed by atoms with Crippen LogP contribution < -0.4 is 10.1 Å². The van der Waals surface area contributed by atoms with Crippen molar-refractivity contribution >= 4 is 27.1 Å². The van der Waals surface area contributed by atoms with E-state index < -0.39 is 9.84 Å². The third kappa shape index (κ3) is 5.07. The molecule has 0 bridgehead atoms. The van der Waals surface area contributed by atoms with Gasteiger partial charge in [-0.15, -0.1) is 0 Å². The van der Waals surface area contributed by atoms with Crippen molar-refractivity contribution in [2.75, 3.05) is 5.32 Å². The van der Waals surface area contributed by atoms with Gasteiger partial charge in [0, 0.05) is 23.6 Å². The Labute approximate surface area is 204 Å². The molecular formula is C27H27N3O4S. The molecule has 8 heteroatoms. The first-order valence-electron chi connectivity index (χ1n) is 11.7. The lowest BCUT2D eigenvalue weighted by Crippen LogP contribution is -2.18. The molecule has 4 aromatic rings. The molecule has 1 aliphatic carbocycles. The Bertz CT molecular complexity index is 1490. The fourth-order valence-electron chi connectivity index (χ4n) is 4.45. The maximum atomic E-state index is 12.9. The molecule has 1 N–H and O–H groups in total. The van der Waals surface area contributed by atoms with Crippen molar-refractivity contribution in [3.63, 3.8) is 0 Å². The summed E-state index contributed by atoms with van der Waals surface area (Å²) in [5.41, 5.74) is 3.63. The van der Waals surface area contributed by atoms with Gasteiger partial charge in [0.05, 0.1) is 15.8 Å². The molecule has 0 atom stereocenters. The molecule has 5 rings (SSSR count). The van der Waals surface area contributed by atoms with E-state index >= 15 is 0 Å². The van der Waals surface area contributed by atoms with Gasteiger partial charge in [-0.3, -0.25) is 4.79 Å². The third-order valence-electron chi connectivity index (χ3n) is 6.29. The predicted octanol–water partition coefficient (Wildman–Crippen LogP) is 5.19. The number of nitrogens with zero attached hydrogens (tertiary/aromatic N) is 2. The van der Waals surface area contributed by atoms with Crippen molar-refractivity contribution in [1.29, 1.82) is 0 Å². The smallest absolute Gasteiger partial charge is 0.255 e. The van der Waals surface area contributed by atoms with Crippen LogP contribution in [0.4, 0.5) is 5.69 Å². The van der Waals surface area contributed by atoms with E-state index in [1.165, 1.54) is 6.07 Å². The number of rotatable bonds is 7. The number of ether oxygens (including phenoxy) is 1. The van der Waals surface area contributed by atoms with E-state index in [2.05, 4.69) is 10.3 Å². The SMILES string of the molecule is Cc1ccc2nc(COc3cccc(C(=O)Nc4cccc(S(=O)(=O)C5CCCC5)c4)c3)cn2c1. The van der Waals surface area contributed by atoms with E-state index in [4.69, 9.17) is 4.74 Å². The molecule has 35 heavy (non-hydrogen) atoms. The molecule has 1 amide bonds. The summed E-state index contributed by atoms with van der Waals surface area (Å²) in [6.07, 6.45) is 7.20. The monoisotopic (exact) mass is 489 g/mol. The number of hydrogen-bond acceptors (Lipinski definition) is 5. The Morgan fingerprint density at radius 1 is 1.06 bits per heavy atom. The highest BCUT2D eigenvalue weighted by molar-refractivity contribution is 7.92. The van der Waals surface area contributed by atoms with Crippen molar-refractivity contribution in [3.05, 3.63) is 89.9 Å². The maximum Gasteiger partial charge on any atom is 0.255 e. The predicted molar refractivity (Wildman–Crippen MR) is 135 cm³/mol. The number of sulfone groups is 1. The second kappa shape index (κ2) is 9.54. The lowest BCUT2D eigenvalue weighted by Gasteiger charge is -2.13. The van der Waals surface area contributed by atoms with Gasteiger partial charge in [0.15, 0.2) is 9.84 Å². The van der Waals surface area contributed by atoms with Crippen molar-refractivity contribution in [1.82, 2.24) is 9.38 Å². The number of carbonyl (C=O) groups is 1. The zero-order valence-electron chi connectivity index (χ0n) is 19.5. The van der Waals surface area contributed by atoms with Gasteiger partial charge in [0.2, 0.25) is 0 Å². The minimum absolute atomic E-state index is 0.252. The highest BCUT2D eigenvalue weighted by Gasteiger charge is 2.30. The van der Waals surface area contributed by atoms with Crippen LogP contribution >= 0.6 is 0 Å². The topological polar surface area (TPSA) is 89.8 Å². The van der Waals surface area contributed by atoms with Gasteiger partial charge in [-0.05, 0) is 67.8 Å². The van der Waals surface area contributed by atoms with E-state index in [9.17, 15) is 13.2 Å². The highest BCUT2D eigenvalue weighted by atomic mass is 32.2. The molecule has 0 unspecified atom stereocenters. The Kier molecular flexibility index (Phi) is 6.30. The molecule has 2 aromatic carbocycles. The van der Waals surface area contributed by atoms with Gasteiger partial charge in [-0.2, -0.15) is 0 Å². The van der Waals surface area contributed by atoms with Crippen LogP contribution in [0, 0.1) is 6.92 Å². The standard InChI is InChI=1S/C27H27N3O4S/c1-19-12-13-26-28-22(17-30(26)16-19)18-34-23-8-4-6-20(14-23)27(31)29-21-7-5-11-25(15-21)35(32,33)24-9-2-3-10-24/h4-8,11-17,24H,2-3,9-10,18H2,1H3,(H,29,31). The molecule has 0 aliphatic heterocycles. The zero-order valence-corrected chi connectivity index (χ0v) is 20.3. The second-order valence-electron chi connectivity index (χ2n) is 8.95. The van der Waals surface area contributed by atoms with Crippen LogP contribution in [-0.2, 0) is 16.4 Å². The first-order chi connectivity index (χ1) is 16.9. The van der Waals surface area contributed by atoms with Crippen molar-refractivity contribution in [2.45, 2.75) is 49.4 Å². The van der Waals surface area contributed by atoms with Crippen molar-refractivity contribution in [2.24, 2.45) is 0 Å². The molecule has 0 spiro atoms. The molecule has 2 aromatic heterocycles. The molecule has 2 heterocycles. The highest BCUT2D eigenvalue weighted by Crippen LogP contribution is 2.30. The summed E-state index contributed by atoms with van der Waals surface area (Å²) >= 11 is 0. The van der Waals surface area contributed by atoms with E-state index in [0.29, 0.717) is 29.8 Å². The first kappa shape index (κ1) is 23.1. The maximum absolute atomic E-state index is 12.9. The Morgan fingerprint density at radius 3 is 2.69 bits per heavy atom. The number of aromatic nitrogens is 2. The average Bonchev–Trinajstić information content (AvgIpc) is 3.53. The number of aryl methyl sites for hydroxylation is 1. The molecule has 0 saturated heterocycles. The first-order valence-corrected chi connectivity index (χ1v) is 13.3. The fourth-order valence-corrected chi connectivity index (χ4v) is 6.35. The lowest BCUT2D eigenvalue weighted by molar-refractivity contribution is 0.102. The molecule has 0 radical (unpaired) electrons. The number of hydrogen-bond donors (Lipinski definition) is 1. The molecule has 7 nitrogen and oxygen atoms in total. The van der Waals surface area contributed by atoms with Crippen LogP contribution in [-0.4, -0.2) is 29.0 Å². The van der Waals surface area contributed by atoms with E-state index in [0.717, 1.165) is 29.7 Å². The molecular weight excluding hydrogens is 462 g/mol. The summed E-state index contributed by atoms with van der Waals surface area (Å²) in [6.45, 7) is 2.30. The van der Waals surface area contributed by atoms with Gasteiger partial charge in [-0.25, -0.2) is 13.4 Å². The summed E-state index contributed by atoms with van der Waals surface area (Å²) in [5, 5.41) is 2.48. The number of nitrogens with one attached hydrogen (secondary N) is 1. The van der Waals surface area contributed by atoms with Gasteiger partial charge in [-0.1, -0.05) is 31.0 Å². The third-order valence-corrected chi connectivity index (χ3v) is 8.55. The number of carbonyl (C=O) groups excluding carboxylic acids is 1. The Morgan fingerprint density at radius 2 is 1.86 bits per heavy atom. The average molecular weight is 490 g/mol. The van der Waals surface area contributed by atoms with Crippen LogP contribution in [0.5, 0.6) is 5.75 Å². The largest absolute Gasteiger partial charge is 0.487 e. The van der Waals surface area contributed by atoms with E-state index in [-0.39, 0.29) is 22.7 Å². The van der Waals surface area contributed by atoms with Crippen LogP contribution in [0.3, 0.4) is 0 Å². The summed E-state index contributed by atoms with van der Waals surface area (Å²) in [6, 6.07) is 17.3.